The molecule has 2 N–H and O–H groups in total. The molecule has 130 valence electrons. The first-order valence-corrected chi connectivity index (χ1v) is 8.78. The smallest absolute Gasteiger partial charge is 0.319 e. The number of anilines is 1. The van der Waals surface area contributed by atoms with Crippen LogP contribution >= 0.6 is 0 Å². The van der Waals surface area contributed by atoms with E-state index in [1.165, 1.54) is 6.42 Å². The molecule has 2 fully saturated rings. The second-order valence-electron chi connectivity index (χ2n) is 6.71. The number of carbonyl (C=O) groups is 1. The Kier molecular flexibility index (Phi) is 4.13. The lowest BCUT2D eigenvalue weighted by Crippen LogP contribution is -2.28. The van der Waals surface area contributed by atoms with E-state index in [2.05, 4.69) is 15.6 Å². The first kappa shape index (κ1) is 16.0. The van der Waals surface area contributed by atoms with Gasteiger partial charge in [0.05, 0.1) is 12.3 Å². The maximum absolute atomic E-state index is 11.6. The largest absolute Gasteiger partial charge is 0.381 e. The Hall–Kier alpha value is -2.47. The van der Waals surface area contributed by atoms with Crippen molar-refractivity contribution in [3.05, 3.63) is 42.2 Å². The summed E-state index contributed by atoms with van der Waals surface area (Å²) in [5.74, 6) is 1.33. The number of urea groups is 1. The monoisotopic (exact) mass is 338 g/mol. The van der Waals surface area contributed by atoms with Crippen molar-refractivity contribution in [2.45, 2.75) is 25.2 Å². The third kappa shape index (κ3) is 3.09. The van der Waals surface area contributed by atoms with Gasteiger partial charge in [0.2, 0.25) is 0 Å². The summed E-state index contributed by atoms with van der Waals surface area (Å²) in [4.78, 5) is 20.8. The van der Waals surface area contributed by atoms with E-state index in [-0.39, 0.29) is 11.4 Å². The normalized spacial score (nSPS) is 24.3. The molecule has 2 heterocycles. The zero-order valence-corrected chi connectivity index (χ0v) is 14.3. The quantitative estimate of drug-likeness (QED) is 0.899. The highest BCUT2D eigenvalue weighted by molar-refractivity contribution is 5.89. The summed E-state index contributed by atoms with van der Waals surface area (Å²) < 4.78 is 5.56. The minimum atomic E-state index is -0.202. The van der Waals surface area contributed by atoms with Crippen LogP contribution in [0.5, 0.6) is 0 Å². The molecule has 25 heavy (non-hydrogen) atoms. The maximum atomic E-state index is 11.6. The standard InChI is InChI=1S/C19H22N4O2/c1-2-20-18(24)22-15-5-3-13(4-6-15)17-21-9-7-16(23-17)19-8-10-25-12-14(19)11-19/h3-7,9,14H,2,8,10-12H2,1H3,(H2,20,22,24). The van der Waals surface area contributed by atoms with Crippen molar-refractivity contribution in [3.63, 3.8) is 0 Å². The van der Waals surface area contributed by atoms with Gasteiger partial charge in [-0.1, -0.05) is 0 Å². The average Bonchev–Trinajstić information content (AvgIpc) is 3.39. The molecule has 2 aliphatic rings. The predicted molar refractivity (Wildman–Crippen MR) is 95.4 cm³/mol. The molecular formula is C19H22N4O2. The molecular weight excluding hydrogens is 316 g/mol. The highest BCUT2D eigenvalue weighted by Gasteiger charge is 2.57. The second kappa shape index (κ2) is 6.44. The van der Waals surface area contributed by atoms with Crippen molar-refractivity contribution < 1.29 is 9.53 Å². The number of aromatic nitrogens is 2. The van der Waals surface area contributed by atoms with Crippen molar-refractivity contribution in [2.24, 2.45) is 5.92 Å². The molecule has 0 spiro atoms. The topological polar surface area (TPSA) is 76.1 Å². The SMILES string of the molecule is CCNC(=O)Nc1ccc(-c2nccc(C34CCOCC3C4)n2)cc1. The molecule has 0 radical (unpaired) electrons. The molecule has 0 bridgehead atoms. The van der Waals surface area contributed by atoms with Crippen LogP contribution in [0.3, 0.4) is 0 Å². The molecule has 2 aromatic rings. The number of hydrogen-bond acceptors (Lipinski definition) is 4. The lowest BCUT2D eigenvalue weighted by molar-refractivity contribution is 0.0794. The molecule has 1 aromatic carbocycles. The molecule has 2 amide bonds. The number of benzene rings is 1. The zero-order chi connectivity index (χ0) is 17.3. The third-order valence-electron chi connectivity index (χ3n) is 5.15. The molecule has 1 aliphatic carbocycles. The van der Waals surface area contributed by atoms with Crippen LogP contribution in [0.15, 0.2) is 36.5 Å². The van der Waals surface area contributed by atoms with Crippen molar-refractivity contribution >= 4 is 11.7 Å². The van der Waals surface area contributed by atoms with Crippen LogP contribution in [0, 0.1) is 5.92 Å². The minimum absolute atomic E-state index is 0.202. The van der Waals surface area contributed by atoms with E-state index in [0.29, 0.717) is 12.5 Å². The van der Waals surface area contributed by atoms with Gasteiger partial charge in [-0.25, -0.2) is 14.8 Å². The van der Waals surface area contributed by atoms with E-state index in [9.17, 15) is 4.79 Å². The summed E-state index contributed by atoms with van der Waals surface area (Å²) >= 11 is 0. The Morgan fingerprint density at radius 1 is 1.32 bits per heavy atom. The van der Waals surface area contributed by atoms with Crippen molar-refractivity contribution in [1.29, 1.82) is 0 Å². The fraction of sp³-hybridized carbons (Fsp3) is 0.421. The number of nitrogens with zero attached hydrogens (tertiary/aromatic N) is 2. The van der Waals surface area contributed by atoms with Crippen LogP contribution in [-0.2, 0) is 10.2 Å². The van der Waals surface area contributed by atoms with Crippen LogP contribution in [0.25, 0.3) is 11.4 Å². The molecule has 4 rings (SSSR count). The van der Waals surface area contributed by atoms with Crippen molar-refractivity contribution in [1.82, 2.24) is 15.3 Å². The summed E-state index contributed by atoms with van der Waals surface area (Å²) in [6, 6.07) is 9.45. The number of hydrogen-bond donors (Lipinski definition) is 2. The van der Waals surface area contributed by atoms with Gasteiger partial charge in [-0.15, -0.1) is 0 Å². The van der Waals surface area contributed by atoms with Gasteiger partial charge in [0.15, 0.2) is 5.82 Å². The van der Waals surface area contributed by atoms with Crippen LogP contribution < -0.4 is 10.6 Å². The highest BCUT2D eigenvalue weighted by atomic mass is 16.5. The van der Waals surface area contributed by atoms with Gasteiger partial charge >= 0.3 is 6.03 Å². The van der Waals surface area contributed by atoms with Crippen LogP contribution in [0.2, 0.25) is 0 Å². The van der Waals surface area contributed by atoms with E-state index in [1.54, 1.807) is 0 Å². The summed E-state index contributed by atoms with van der Waals surface area (Å²) in [6.07, 6.45) is 4.06. The summed E-state index contributed by atoms with van der Waals surface area (Å²) in [5.41, 5.74) is 3.03. The first-order chi connectivity index (χ1) is 12.2. The van der Waals surface area contributed by atoms with Crippen LogP contribution in [0.4, 0.5) is 10.5 Å². The Balaban J connectivity index is 1.52. The van der Waals surface area contributed by atoms with Crippen molar-refractivity contribution in [3.8, 4) is 11.4 Å². The predicted octanol–water partition coefficient (Wildman–Crippen LogP) is 2.96. The molecule has 6 heteroatoms. The number of fused-ring (bicyclic) bond motifs is 1. The molecule has 2 atom stereocenters. The summed E-state index contributed by atoms with van der Waals surface area (Å²) in [5, 5.41) is 5.50. The summed E-state index contributed by atoms with van der Waals surface area (Å²) in [6.45, 7) is 4.14. The van der Waals surface area contributed by atoms with Crippen LogP contribution in [-0.4, -0.2) is 35.8 Å². The summed E-state index contributed by atoms with van der Waals surface area (Å²) in [7, 11) is 0. The fourth-order valence-electron chi connectivity index (χ4n) is 3.64. The van der Waals surface area contributed by atoms with Crippen LogP contribution in [0.1, 0.15) is 25.5 Å². The van der Waals surface area contributed by atoms with E-state index < -0.39 is 0 Å². The van der Waals surface area contributed by atoms with E-state index in [1.807, 2.05) is 43.5 Å². The Labute approximate surface area is 147 Å². The number of rotatable bonds is 4. The average molecular weight is 338 g/mol. The number of nitrogens with one attached hydrogen (secondary N) is 2. The zero-order valence-electron chi connectivity index (χ0n) is 14.3. The van der Waals surface area contributed by atoms with E-state index >= 15 is 0 Å². The Morgan fingerprint density at radius 2 is 2.16 bits per heavy atom. The lowest BCUT2D eigenvalue weighted by Gasteiger charge is -2.22. The minimum Gasteiger partial charge on any atom is -0.381 e. The third-order valence-corrected chi connectivity index (χ3v) is 5.15. The lowest BCUT2D eigenvalue weighted by atomic mass is 9.93. The first-order valence-electron chi connectivity index (χ1n) is 8.78. The number of ether oxygens (including phenoxy) is 1. The van der Waals surface area contributed by atoms with Gasteiger partial charge in [-0.2, -0.15) is 0 Å². The van der Waals surface area contributed by atoms with Gasteiger partial charge in [-0.05, 0) is 56.0 Å². The molecule has 1 aromatic heterocycles. The van der Waals surface area contributed by atoms with Gasteiger partial charge < -0.3 is 15.4 Å². The number of amides is 2. The van der Waals surface area contributed by atoms with Gasteiger partial charge in [0.1, 0.15) is 0 Å². The Morgan fingerprint density at radius 3 is 2.92 bits per heavy atom. The molecule has 6 nitrogen and oxygen atoms in total. The molecule has 1 saturated heterocycles. The van der Waals surface area contributed by atoms with Gasteiger partial charge in [0.25, 0.3) is 0 Å². The van der Waals surface area contributed by atoms with Gasteiger partial charge in [-0.3, -0.25) is 0 Å². The van der Waals surface area contributed by atoms with E-state index in [4.69, 9.17) is 9.72 Å². The van der Waals surface area contributed by atoms with Crippen molar-refractivity contribution in [2.75, 3.05) is 25.1 Å². The number of carbonyl (C=O) groups excluding carboxylic acids is 1. The van der Waals surface area contributed by atoms with Gasteiger partial charge in [0, 0.05) is 36.0 Å². The molecule has 2 unspecified atom stereocenters. The molecule has 1 saturated carbocycles. The second-order valence-corrected chi connectivity index (χ2v) is 6.71. The molecule has 1 aliphatic heterocycles. The van der Waals surface area contributed by atoms with E-state index in [0.717, 1.165) is 42.4 Å². The Bertz CT molecular complexity index is 777. The highest BCUT2D eigenvalue weighted by Crippen LogP contribution is 2.58. The fourth-order valence-corrected chi connectivity index (χ4v) is 3.64. The maximum Gasteiger partial charge on any atom is 0.319 e.